The van der Waals surface area contributed by atoms with Crippen LogP contribution in [0.15, 0.2) is 60.7 Å². The summed E-state index contributed by atoms with van der Waals surface area (Å²) in [6.45, 7) is 7.75. The molecule has 4 nitrogen and oxygen atoms in total. The summed E-state index contributed by atoms with van der Waals surface area (Å²) >= 11 is 0. The summed E-state index contributed by atoms with van der Waals surface area (Å²) in [7, 11) is -4.97. The van der Waals surface area contributed by atoms with E-state index in [1.54, 1.807) is 0 Å². The van der Waals surface area contributed by atoms with Gasteiger partial charge in [-0.15, -0.1) is 0 Å². The lowest BCUT2D eigenvalue weighted by Gasteiger charge is -2.22. The third-order valence-electron chi connectivity index (χ3n) is 7.67. The van der Waals surface area contributed by atoms with Crippen molar-refractivity contribution < 1.29 is 19.3 Å². The number of phenolic OH excluding ortho intramolecular Hbond substituents is 2. The molecule has 0 aliphatic rings. The molecule has 0 spiro atoms. The smallest absolute Gasteiger partial charge is 0.127 e. The second-order valence-corrected chi connectivity index (χ2v) is 17.1. The third kappa shape index (κ3) is 4.86. The Labute approximate surface area is 214 Å². The van der Waals surface area contributed by atoms with Crippen LogP contribution in [0.4, 0.5) is 0 Å². The minimum Gasteiger partial charge on any atom is -0.507 e. The zero-order valence-electron chi connectivity index (χ0n) is 21.6. The van der Waals surface area contributed by atoms with Gasteiger partial charge in [-0.1, -0.05) is 76.2 Å². The van der Waals surface area contributed by atoms with Crippen molar-refractivity contribution in [3.8, 4) is 22.6 Å². The molecule has 0 unspecified atom stereocenters. The average Bonchev–Trinajstić information content (AvgIpc) is 2.90. The zero-order chi connectivity index (χ0) is 26.1. The van der Waals surface area contributed by atoms with Crippen LogP contribution in [-0.4, -0.2) is 34.9 Å². The molecule has 0 aliphatic carbocycles. The minimum atomic E-state index is -2.48. The molecule has 0 amide bonds. The number of rotatable bonds is 9. The highest BCUT2D eigenvalue weighted by Crippen LogP contribution is 2.55. The topological polar surface area (TPSA) is 74.6 Å². The predicted octanol–water partition coefficient (Wildman–Crippen LogP) is 8.88. The van der Waals surface area contributed by atoms with Gasteiger partial charge >= 0.3 is 0 Å². The molecule has 2 N–H and O–H groups in total. The minimum absolute atomic E-state index is 0.0580. The first kappa shape index (κ1) is 26.5. The quantitative estimate of drug-likeness (QED) is 0.215. The van der Waals surface area contributed by atoms with Crippen LogP contribution in [0.25, 0.3) is 32.7 Å². The zero-order valence-corrected chi connectivity index (χ0v) is 23.4. The van der Waals surface area contributed by atoms with E-state index in [1.165, 1.54) is 0 Å². The Morgan fingerprint density at radius 2 is 0.917 bits per heavy atom. The van der Waals surface area contributed by atoms with Gasteiger partial charge in [-0.3, -0.25) is 0 Å². The molecule has 0 radical (unpaired) electrons. The lowest BCUT2D eigenvalue weighted by molar-refractivity contribution is 0.465. The molecule has 36 heavy (non-hydrogen) atoms. The molecule has 0 aliphatic heterocycles. The molecule has 0 saturated carbocycles. The van der Waals surface area contributed by atoms with Gasteiger partial charge in [-0.25, -0.2) is 0 Å². The van der Waals surface area contributed by atoms with Gasteiger partial charge in [0.05, 0.1) is 14.3 Å². The lowest BCUT2D eigenvalue weighted by atomic mass is 9.89. The normalized spacial score (nSPS) is 12.4. The number of aromatic hydroxyl groups is 2. The maximum Gasteiger partial charge on any atom is 0.127 e. The van der Waals surface area contributed by atoms with E-state index in [9.17, 15) is 19.3 Å². The van der Waals surface area contributed by atoms with Gasteiger partial charge in [0.2, 0.25) is 0 Å². The van der Waals surface area contributed by atoms with Crippen molar-refractivity contribution in [2.45, 2.75) is 40.0 Å². The van der Waals surface area contributed by atoms with Gasteiger partial charge < -0.3 is 19.3 Å². The summed E-state index contributed by atoms with van der Waals surface area (Å²) in [5.41, 5.74) is 2.36. The Balaban J connectivity index is 2.09. The second kappa shape index (κ2) is 10.4. The van der Waals surface area contributed by atoms with E-state index in [-0.39, 0.29) is 11.5 Å². The number of hydrogen-bond acceptors (Lipinski definition) is 4. The summed E-state index contributed by atoms with van der Waals surface area (Å²) in [4.78, 5) is 0. The average molecular weight is 523 g/mol. The first-order chi connectivity index (χ1) is 17.2. The lowest BCUT2D eigenvalue weighted by Crippen LogP contribution is -1.99. The molecule has 0 fully saturated rings. The van der Waals surface area contributed by atoms with Crippen LogP contribution in [0, 0.1) is 0 Å². The van der Waals surface area contributed by atoms with E-state index in [2.05, 4.69) is 0 Å². The van der Waals surface area contributed by atoms with Crippen molar-refractivity contribution in [1.82, 2.24) is 0 Å². The van der Waals surface area contributed by atoms with Crippen molar-refractivity contribution in [2.24, 2.45) is 0 Å². The highest BCUT2D eigenvalue weighted by atomic mass is 31.2. The fourth-order valence-electron chi connectivity index (χ4n) is 5.05. The summed E-state index contributed by atoms with van der Waals surface area (Å²) < 4.78 is 26.8. The van der Waals surface area contributed by atoms with Crippen LogP contribution in [0.1, 0.15) is 38.8 Å². The maximum atomic E-state index is 13.4. The Morgan fingerprint density at radius 3 is 1.25 bits per heavy atom. The van der Waals surface area contributed by atoms with E-state index < -0.39 is 14.3 Å². The Bertz CT molecular complexity index is 1390. The molecule has 0 atom stereocenters. The fourth-order valence-corrected chi connectivity index (χ4v) is 8.56. The SMILES string of the molecule is CCP(=O)(CC)Cc1cc2ccccc2c(-c2c(O)c(CP(=O)(CC)CC)cc3ccccc23)c1O. The van der Waals surface area contributed by atoms with E-state index >= 15 is 0 Å². The summed E-state index contributed by atoms with van der Waals surface area (Å²) in [5.74, 6) is 0.116. The summed E-state index contributed by atoms with van der Waals surface area (Å²) in [6, 6.07) is 19.4. The maximum absolute atomic E-state index is 13.4. The summed E-state index contributed by atoms with van der Waals surface area (Å²) in [5, 5.41) is 26.9. The molecule has 0 bridgehead atoms. The molecule has 4 rings (SSSR count). The highest BCUT2D eigenvalue weighted by Gasteiger charge is 2.27. The van der Waals surface area contributed by atoms with Crippen LogP contribution in [-0.2, 0) is 21.5 Å². The van der Waals surface area contributed by atoms with Gasteiger partial charge in [0, 0.05) is 34.6 Å². The Morgan fingerprint density at radius 1 is 0.583 bits per heavy atom. The van der Waals surface area contributed by atoms with E-state index in [1.807, 2.05) is 88.4 Å². The van der Waals surface area contributed by atoms with Crippen LogP contribution < -0.4 is 0 Å². The molecule has 0 saturated heterocycles. The number of phenols is 2. The number of fused-ring (bicyclic) bond motifs is 2. The van der Waals surface area contributed by atoms with Crippen molar-refractivity contribution in [3.63, 3.8) is 0 Å². The first-order valence-electron chi connectivity index (χ1n) is 12.8. The van der Waals surface area contributed by atoms with Gasteiger partial charge in [-0.05, 0) is 58.3 Å². The first-order valence-corrected chi connectivity index (χ1v) is 17.3. The van der Waals surface area contributed by atoms with E-state index in [4.69, 9.17) is 0 Å². The van der Waals surface area contributed by atoms with Crippen molar-refractivity contribution in [1.29, 1.82) is 0 Å². The van der Waals surface area contributed by atoms with Crippen molar-refractivity contribution >= 4 is 35.8 Å². The monoisotopic (exact) mass is 522 g/mol. The molecule has 190 valence electrons. The van der Waals surface area contributed by atoms with Gasteiger partial charge in [0.15, 0.2) is 0 Å². The Hall–Kier alpha value is -2.54. The number of benzene rings is 4. The highest BCUT2D eigenvalue weighted by molar-refractivity contribution is 7.63. The van der Waals surface area contributed by atoms with Crippen molar-refractivity contribution in [3.05, 3.63) is 71.8 Å². The molecule has 0 heterocycles. The van der Waals surface area contributed by atoms with E-state index in [0.29, 0.717) is 59.2 Å². The van der Waals surface area contributed by atoms with Gasteiger partial charge in [0.25, 0.3) is 0 Å². The van der Waals surface area contributed by atoms with Gasteiger partial charge in [-0.2, -0.15) is 0 Å². The predicted molar refractivity (Wildman–Crippen MR) is 155 cm³/mol. The Kier molecular flexibility index (Phi) is 7.69. The molecular formula is C30H36O4P2. The summed E-state index contributed by atoms with van der Waals surface area (Å²) in [6.07, 6.45) is 2.89. The van der Waals surface area contributed by atoms with Crippen LogP contribution in [0.2, 0.25) is 0 Å². The second-order valence-electron chi connectivity index (χ2n) is 9.66. The largest absolute Gasteiger partial charge is 0.507 e. The molecule has 6 heteroatoms. The fraction of sp³-hybridized carbons (Fsp3) is 0.333. The number of hydrogen-bond donors (Lipinski definition) is 2. The third-order valence-corrected chi connectivity index (χ3v) is 14.1. The van der Waals surface area contributed by atoms with E-state index in [0.717, 1.165) is 21.5 Å². The van der Waals surface area contributed by atoms with Crippen molar-refractivity contribution in [2.75, 3.05) is 24.6 Å². The standard InChI is InChI=1S/C30H36O4P2/c1-5-35(33,6-2)19-23-17-21-13-9-11-15-25(21)27(29(23)31)28-26-16-12-10-14-22(26)18-24(30(28)32)20-36(34,7-3)8-4/h9-18,31-32H,5-8,19-20H2,1-4H3. The van der Waals surface area contributed by atoms with Crippen LogP contribution in [0.3, 0.4) is 0 Å². The molecule has 4 aromatic carbocycles. The molecule has 0 aromatic heterocycles. The van der Waals surface area contributed by atoms with Crippen LogP contribution >= 0.6 is 14.3 Å². The van der Waals surface area contributed by atoms with Gasteiger partial charge in [0.1, 0.15) is 11.5 Å². The molecule has 4 aromatic rings. The van der Waals surface area contributed by atoms with Crippen LogP contribution in [0.5, 0.6) is 11.5 Å². The molecular weight excluding hydrogens is 486 g/mol.